The van der Waals surface area contributed by atoms with E-state index in [0.717, 1.165) is 39.4 Å². The van der Waals surface area contributed by atoms with Gasteiger partial charge in [0.15, 0.2) is 0 Å². The maximum atomic E-state index is 5.53. The molecule has 4 aromatic rings. The van der Waals surface area contributed by atoms with Crippen molar-refractivity contribution < 1.29 is 4.74 Å². The summed E-state index contributed by atoms with van der Waals surface area (Å²) in [7, 11) is 1.69. The lowest BCUT2D eigenvalue weighted by molar-refractivity contribution is 0.416. The molecule has 2 N–H and O–H groups in total. The molecule has 5 heteroatoms. The number of para-hydroxylation sites is 1. The van der Waals surface area contributed by atoms with Crippen molar-refractivity contribution in [1.82, 2.24) is 15.0 Å². The van der Waals surface area contributed by atoms with E-state index >= 15 is 0 Å². The van der Waals surface area contributed by atoms with E-state index in [1.165, 1.54) is 0 Å². The second-order valence-electron chi connectivity index (χ2n) is 5.67. The first-order valence-electron chi connectivity index (χ1n) is 8.10. The smallest absolute Gasteiger partial charge is 0.140 e. The van der Waals surface area contributed by atoms with Gasteiger partial charge >= 0.3 is 0 Å². The minimum atomic E-state index is 0.616. The predicted molar refractivity (Wildman–Crippen MR) is 99.6 cm³/mol. The lowest BCUT2D eigenvalue weighted by Gasteiger charge is -2.12. The summed E-state index contributed by atoms with van der Waals surface area (Å²) in [6.07, 6.45) is 3.69. The first-order chi connectivity index (χ1) is 12.3. The van der Waals surface area contributed by atoms with Crippen LogP contribution in [0.5, 0.6) is 5.75 Å². The zero-order valence-corrected chi connectivity index (χ0v) is 13.9. The molecule has 1 aromatic carbocycles. The second-order valence-corrected chi connectivity index (χ2v) is 5.67. The molecule has 0 atom stereocenters. The third kappa shape index (κ3) is 3.04. The van der Waals surface area contributed by atoms with E-state index < -0.39 is 0 Å². The molecule has 0 fully saturated rings. The Morgan fingerprint density at radius 1 is 1.04 bits per heavy atom. The fourth-order valence-electron chi connectivity index (χ4n) is 2.90. The summed E-state index contributed by atoms with van der Waals surface area (Å²) in [5, 5.41) is 4.42. The standard InChI is InChI=1S/C20H18N4O/c1-25-18-8-3-2-7-15(18)17-12-19(24-20-16(17)9-11-22-20)23-13-14-6-4-5-10-21-14/h2-12H,13H2,1H3,(H2,22,23,24). The topological polar surface area (TPSA) is 62.8 Å². The fraction of sp³-hybridized carbons (Fsp3) is 0.100. The Labute approximate surface area is 145 Å². The Hall–Kier alpha value is -3.34. The SMILES string of the molecule is COc1ccccc1-c1cc(NCc2ccccn2)nc2[nH]ccc12. The van der Waals surface area contributed by atoms with Crippen LogP contribution in [0.25, 0.3) is 22.2 Å². The molecule has 0 amide bonds. The zero-order valence-electron chi connectivity index (χ0n) is 13.9. The first kappa shape index (κ1) is 15.2. The Kier molecular flexibility index (Phi) is 4.04. The molecule has 0 aliphatic carbocycles. The molecule has 0 saturated carbocycles. The van der Waals surface area contributed by atoms with Crippen molar-refractivity contribution in [3.05, 3.63) is 72.7 Å². The molecule has 0 aliphatic heterocycles. The van der Waals surface area contributed by atoms with E-state index in [1.807, 2.05) is 48.7 Å². The highest BCUT2D eigenvalue weighted by atomic mass is 16.5. The molecule has 0 unspecified atom stereocenters. The van der Waals surface area contributed by atoms with Crippen molar-refractivity contribution in [2.24, 2.45) is 0 Å². The average Bonchev–Trinajstić information content (AvgIpc) is 3.15. The first-order valence-corrected chi connectivity index (χ1v) is 8.10. The van der Waals surface area contributed by atoms with E-state index in [2.05, 4.69) is 32.4 Å². The number of aromatic amines is 1. The van der Waals surface area contributed by atoms with Crippen LogP contribution in [-0.4, -0.2) is 22.1 Å². The van der Waals surface area contributed by atoms with E-state index in [1.54, 1.807) is 13.3 Å². The molecule has 0 spiro atoms. The van der Waals surface area contributed by atoms with Gasteiger partial charge in [-0.15, -0.1) is 0 Å². The van der Waals surface area contributed by atoms with Crippen LogP contribution in [-0.2, 0) is 6.54 Å². The van der Waals surface area contributed by atoms with Crippen LogP contribution in [0.4, 0.5) is 5.82 Å². The number of anilines is 1. The summed E-state index contributed by atoms with van der Waals surface area (Å²) in [5.41, 5.74) is 3.92. The number of rotatable bonds is 5. The number of hydrogen-bond acceptors (Lipinski definition) is 4. The molecule has 3 heterocycles. The molecule has 0 bridgehead atoms. The number of aromatic nitrogens is 3. The van der Waals surface area contributed by atoms with Gasteiger partial charge in [-0.3, -0.25) is 4.98 Å². The Morgan fingerprint density at radius 3 is 2.76 bits per heavy atom. The highest BCUT2D eigenvalue weighted by molar-refractivity contribution is 5.96. The van der Waals surface area contributed by atoms with Crippen LogP contribution in [0.2, 0.25) is 0 Å². The van der Waals surface area contributed by atoms with Gasteiger partial charge in [-0.05, 0) is 30.3 Å². The molecule has 25 heavy (non-hydrogen) atoms. The number of hydrogen-bond donors (Lipinski definition) is 2. The number of ether oxygens (including phenoxy) is 1. The highest BCUT2D eigenvalue weighted by Gasteiger charge is 2.12. The number of pyridine rings is 2. The monoisotopic (exact) mass is 330 g/mol. The zero-order chi connectivity index (χ0) is 17.1. The Morgan fingerprint density at radius 2 is 1.92 bits per heavy atom. The molecular weight excluding hydrogens is 312 g/mol. The van der Waals surface area contributed by atoms with E-state index in [0.29, 0.717) is 6.54 Å². The van der Waals surface area contributed by atoms with Crippen molar-refractivity contribution in [3.8, 4) is 16.9 Å². The van der Waals surface area contributed by atoms with Gasteiger partial charge in [0.1, 0.15) is 17.2 Å². The lowest BCUT2D eigenvalue weighted by atomic mass is 10.0. The van der Waals surface area contributed by atoms with Gasteiger partial charge in [-0.2, -0.15) is 0 Å². The third-order valence-corrected chi connectivity index (χ3v) is 4.10. The summed E-state index contributed by atoms with van der Waals surface area (Å²) in [5.74, 6) is 1.63. The van der Waals surface area contributed by atoms with Crippen LogP contribution in [0.1, 0.15) is 5.69 Å². The fourth-order valence-corrected chi connectivity index (χ4v) is 2.90. The van der Waals surface area contributed by atoms with Crippen molar-refractivity contribution in [2.75, 3.05) is 12.4 Å². The summed E-state index contributed by atoms with van der Waals surface area (Å²) in [4.78, 5) is 12.2. The summed E-state index contributed by atoms with van der Waals surface area (Å²) in [6.45, 7) is 0.616. The molecular formula is C20H18N4O. The van der Waals surface area contributed by atoms with Gasteiger partial charge in [-0.1, -0.05) is 24.3 Å². The molecule has 0 saturated heterocycles. The molecule has 4 rings (SSSR count). The number of nitrogens with zero attached hydrogens (tertiary/aromatic N) is 2. The van der Waals surface area contributed by atoms with Gasteiger partial charge in [0.25, 0.3) is 0 Å². The van der Waals surface area contributed by atoms with E-state index in [-0.39, 0.29) is 0 Å². The van der Waals surface area contributed by atoms with Gasteiger partial charge in [0.2, 0.25) is 0 Å². The number of nitrogens with one attached hydrogen (secondary N) is 2. The average molecular weight is 330 g/mol. The number of benzene rings is 1. The van der Waals surface area contributed by atoms with E-state index in [4.69, 9.17) is 4.74 Å². The molecule has 124 valence electrons. The molecule has 0 radical (unpaired) electrons. The quantitative estimate of drug-likeness (QED) is 0.574. The summed E-state index contributed by atoms with van der Waals surface area (Å²) < 4.78 is 5.53. The molecule has 5 nitrogen and oxygen atoms in total. The summed E-state index contributed by atoms with van der Waals surface area (Å²) >= 11 is 0. The number of methoxy groups -OCH3 is 1. The van der Waals surface area contributed by atoms with Crippen molar-refractivity contribution in [2.45, 2.75) is 6.54 Å². The van der Waals surface area contributed by atoms with E-state index in [9.17, 15) is 0 Å². The van der Waals surface area contributed by atoms with Crippen molar-refractivity contribution in [1.29, 1.82) is 0 Å². The van der Waals surface area contributed by atoms with Crippen LogP contribution >= 0.6 is 0 Å². The molecule has 0 aliphatic rings. The number of fused-ring (bicyclic) bond motifs is 1. The van der Waals surface area contributed by atoms with Crippen LogP contribution in [0, 0.1) is 0 Å². The Bertz CT molecular complexity index is 995. The predicted octanol–water partition coefficient (Wildman–Crippen LogP) is 4.25. The minimum absolute atomic E-state index is 0.616. The largest absolute Gasteiger partial charge is 0.496 e. The van der Waals surface area contributed by atoms with Crippen molar-refractivity contribution >= 4 is 16.9 Å². The second kappa shape index (κ2) is 6.65. The van der Waals surface area contributed by atoms with Crippen LogP contribution in [0.3, 0.4) is 0 Å². The van der Waals surface area contributed by atoms with Gasteiger partial charge in [0.05, 0.1) is 19.3 Å². The normalized spacial score (nSPS) is 10.8. The maximum Gasteiger partial charge on any atom is 0.140 e. The minimum Gasteiger partial charge on any atom is -0.496 e. The number of H-pyrrole nitrogens is 1. The summed E-state index contributed by atoms with van der Waals surface area (Å²) in [6, 6.07) is 18.0. The van der Waals surface area contributed by atoms with Gasteiger partial charge < -0.3 is 15.0 Å². The third-order valence-electron chi connectivity index (χ3n) is 4.10. The van der Waals surface area contributed by atoms with Crippen molar-refractivity contribution in [3.63, 3.8) is 0 Å². The van der Waals surface area contributed by atoms with Crippen LogP contribution in [0.15, 0.2) is 67.0 Å². The van der Waals surface area contributed by atoms with Gasteiger partial charge in [0, 0.05) is 28.9 Å². The lowest BCUT2D eigenvalue weighted by Crippen LogP contribution is -2.03. The van der Waals surface area contributed by atoms with Gasteiger partial charge in [-0.25, -0.2) is 4.98 Å². The Balaban J connectivity index is 1.75. The highest BCUT2D eigenvalue weighted by Crippen LogP contribution is 2.35. The van der Waals surface area contributed by atoms with Crippen LogP contribution < -0.4 is 10.1 Å². The molecule has 3 aromatic heterocycles. The maximum absolute atomic E-state index is 5.53.